The topological polar surface area (TPSA) is 29.5 Å². The van der Waals surface area contributed by atoms with Gasteiger partial charge in [-0.15, -0.1) is 18.3 Å². The summed E-state index contributed by atoms with van der Waals surface area (Å²) in [7, 11) is 0. The van der Waals surface area contributed by atoms with Crippen LogP contribution >= 0.6 is 23.4 Å². The molecule has 1 fully saturated rings. The molecule has 1 aromatic carbocycles. The van der Waals surface area contributed by atoms with Gasteiger partial charge in [-0.05, 0) is 55.2 Å². The molecule has 0 aromatic heterocycles. The van der Waals surface area contributed by atoms with Crippen LogP contribution in [0.15, 0.2) is 41.8 Å². The summed E-state index contributed by atoms with van der Waals surface area (Å²) < 4.78 is 5.51. The monoisotopic (exact) mass is 367 g/mol. The number of piperidine rings is 1. The standard InChI is InChI=1S/C19H26ClNO2S/c1-2-13-23-15-16-9-11-21(12-10-16)19(22)4-3-14-24-18-7-5-17(20)6-8-18/h2,5-8,16H,1,3-4,9-15H2. The molecule has 2 rings (SSSR count). The quantitative estimate of drug-likeness (QED) is 0.361. The van der Waals surface area contributed by atoms with E-state index >= 15 is 0 Å². The number of halogens is 1. The summed E-state index contributed by atoms with van der Waals surface area (Å²) in [6.45, 7) is 6.78. The maximum Gasteiger partial charge on any atom is 0.222 e. The zero-order chi connectivity index (χ0) is 17.2. The molecular formula is C19H26ClNO2S. The lowest BCUT2D eigenvalue weighted by Gasteiger charge is -2.32. The number of benzene rings is 1. The largest absolute Gasteiger partial charge is 0.377 e. The van der Waals surface area contributed by atoms with Gasteiger partial charge in [0.05, 0.1) is 6.61 Å². The number of carbonyl (C=O) groups is 1. The van der Waals surface area contributed by atoms with E-state index in [1.165, 1.54) is 4.90 Å². The SMILES string of the molecule is C=CCOCC1CCN(C(=O)CCCSc2ccc(Cl)cc2)CC1. The zero-order valence-electron chi connectivity index (χ0n) is 14.1. The summed E-state index contributed by atoms with van der Waals surface area (Å²) in [6, 6.07) is 7.85. The molecule has 1 aliphatic rings. The molecule has 0 N–H and O–H groups in total. The summed E-state index contributed by atoms with van der Waals surface area (Å²) in [4.78, 5) is 15.5. The number of carbonyl (C=O) groups excluding carboxylic acids is 1. The first-order valence-electron chi connectivity index (χ1n) is 8.54. The molecule has 0 unspecified atom stereocenters. The molecule has 1 amide bonds. The number of nitrogens with zero attached hydrogens (tertiary/aromatic N) is 1. The van der Waals surface area contributed by atoms with Crippen molar-refractivity contribution >= 4 is 29.3 Å². The van der Waals surface area contributed by atoms with E-state index in [2.05, 4.69) is 6.58 Å². The summed E-state index contributed by atoms with van der Waals surface area (Å²) >= 11 is 7.65. The summed E-state index contributed by atoms with van der Waals surface area (Å²) in [5, 5.41) is 0.757. The van der Waals surface area contributed by atoms with Crippen LogP contribution < -0.4 is 0 Å². The third-order valence-electron chi connectivity index (χ3n) is 4.17. The third kappa shape index (κ3) is 6.88. The number of hydrogen-bond acceptors (Lipinski definition) is 3. The molecule has 0 aliphatic carbocycles. The van der Waals surface area contributed by atoms with E-state index in [0.29, 0.717) is 18.9 Å². The first kappa shape index (κ1) is 19.4. The van der Waals surface area contributed by atoms with Gasteiger partial charge in [-0.3, -0.25) is 4.79 Å². The average Bonchev–Trinajstić information content (AvgIpc) is 2.61. The Hall–Kier alpha value is -0.970. The van der Waals surface area contributed by atoms with Gasteiger partial charge in [0.1, 0.15) is 0 Å². The molecule has 0 bridgehead atoms. The van der Waals surface area contributed by atoms with Gasteiger partial charge in [-0.25, -0.2) is 0 Å². The van der Waals surface area contributed by atoms with Gasteiger partial charge in [-0.2, -0.15) is 0 Å². The van der Waals surface area contributed by atoms with Crippen LogP contribution in [0.3, 0.4) is 0 Å². The molecule has 0 radical (unpaired) electrons. The maximum atomic E-state index is 12.3. The molecule has 1 heterocycles. The average molecular weight is 368 g/mol. The van der Waals surface area contributed by atoms with Crippen molar-refractivity contribution in [3.8, 4) is 0 Å². The molecule has 0 atom stereocenters. The Morgan fingerprint density at radius 3 is 2.71 bits per heavy atom. The molecule has 1 saturated heterocycles. The molecule has 3 nitrogen and oxygen atoms in total. The highest BCUT2D eigenvalue weighted by atomic mass is 35.5. The molecule has 1 aromatic rings. The minimum atomic E-state index is 0.289. The minimum Gasteiger partial charge on any atom is -0.377 e. The maximum absolute atomic E-state index is 12.3. The second kappa shape index (κ2) is 10.8. The second-order valence-corrected chi connectivity index (χ2v) is 7.66. The van der Waals surface area contributed by atoms with Gasteiger partial charge < -0.3 is 9.64 Å². The summed E-state index contributed by atoms with van der Waals surface area (Å²) in [6.07, 6.45) is 5.41. The molecule has 24 heavy (non-hydrogen) atoms. The van der Waals surface area contributed by atoms with Crippen molar-refractivity contribution in [1.29, 1.82) is 0 Å². The molecule has 0 saturated carbocycles. The Bertz CT molecular complexity index is 513. The van der Waals surface area contributed by atoms with Crippen molar-refractivity contribution < 1.29 is 9.53 Å². The third-order valence-corrected chi connectivity index (χ3v) is 5.52. The minimum absolute atomic E-state index is 0.289. The lowest BCUT2D eigenvalue weighted by atomic mass is 9.97. The van der Waals surface area contributed by atoms with Crippen LogP contribution in [-0.4, -0.2) is 42.9 Å². The smallest absolute Gasteiger partial charge is 0.222 e. The van der Waals surface area contributed by atoms with E-state index < -0.39 is 0 Å². The summed E-state index contributed by atoms with van der Waals surface area (Å²) in [5.74, 6) is 1.82. The van der Waals surface area contributed by atoms with Crippen molar-refractivity contribution in [2.24, 2.45) is 5.92 Å². The van der Waals surface area contributed by atoms with Crippen LogP contribution in [0.5, 0.6) is 0 Å². The van der Waals surface area contributed by atoms with Crippen LogP contribution in [0.25, 0.3) is 0 Å². The predicted octanol–water partition coefficient (Wildman–Crippen LogP) is 4.65. The van der Waals surface area contributed by atoms with Crippen molar-refractivity contribution in [3.05, 3.63) is 41.9 Å². The summed E-state index contributed by atoms with van der Waals surface area (Å²) in [5.41, 5.74) is 0. The highest BCUT2D eigenvalue weighted by molar-refractivity contribution is 7.99. The predicted molar refractivity (Wildman–Crippen MR) is 102 cm³/mol. The molecule has 1 aliphatic heterocycles. The highest BCUT2D eigenvalue weighted by Crippen LogP contribution is 2.22. The number of amides is 1. The fourth-order valence-corrected chi connectivity index (χ4v) is 3.75. The number of hydrogen-bond donors (Lipinski definition) is 0. The Kier molecular flexibility index (Phi) is 8.71. The lowest BCUT2D eigenvalue weighted by Crippen LogP contribution is -2.39. The van der Waals surface area contributed by atoms with Gasteiger partial charge in [0, 0.05) is 36.0 Å². The van der Waals surface area contributed by atoms with Crippen molar-refractivity contribution in [1.82, 2.24) is 4.90 Å². The first-order chi connectivity index (χ1) is 11.7. The Morgan fingerprint density at radius 1 is 1.33 bits per heavy atom. The van der Waals surface area contributed by atoms with Crippen LogP contribution in [0.1, 0.15) is 25.7 Å². The Balaban J connectivity index is 1.58. The van der Waals surface area contributed by atoms with E-state index in [-0.39, 0.29) is 5.91 Å². The van der Waals surface area contributed by atoms with E-state index in [0.717, 1.165) is 49.7 Å². The number of likely N-dealkylation sites (tertiary alicyclic amines) is 1. The van der Waals surface area contributed by atoms with Crippen LogP contribution in [0.2, 0.25) is 5.02 Å². The van der Waals surface area contributed by atoms with E-state index in [1.54, 1.807) is 17.8 Å². The van der Waals surface area contributed by atoms with E-state index in [4.69, 9.17) is 16.3 Å². The molecule has 132 valence electrons. The second-order valence-electron chi connectivity index (χ2n) is 6.06. The number of thioether (sulfide) groups is 1. The Morgan fingerprint density at radius 2 is 2.04 bits per heavy atom. The molecule has 0 spiro atoms. The van der Waals surface area contributed by atoms with Crippen molar-refractivity contribution in [3.63, 3.8) is 0 Å². The lowest BCUT2D eigenvalue weighted by molar-refractivity contribution is -0.132. The van der Waals surface area contributed by atoms with Crippen LogP contribution in [-0.2, 0) is 9.53 Å². The Labute approximate surface area is 154 Å². The van der Waals surface area contributed by atoms with Crippen LogP contribution in [0.4, 0.5) is 0 Å². The molecular weight excluding hydrogens is 342 g/mol. The zero-order valence-corrected chi connectivity index (χ0v) is 15.7. The van der Waals surface area contributed by atoms with Gasteiger partial charge in [0.2, 0.25) is 5.91 Å². The number of ether oxygens (including phenoxy) is 1. The fourth-order valence-electron chi connectivity index (χ4n) is 2.77. The van der Waals surface area contributed by atoms with Gasteiger partial charge >= 0.3 is 0 Å². The van der Waals surface area contributed by atoms with Crippen LogP contribution in [0, 0.1) is 5.92 Å². The van der Waals surface area contributed by atoms with Gasteiger partial charge in [0.15, 0.2) is 0 Å². The van der Waals surface area contributed by atoms with Gasteiger partial charge in [0.25, 0.3) is 0 Å². The van der Waals surface area contributed by atoms with E-state index in [1.807, 2.05) is 29.2 Å². The molecule has 5 heteroatoms. The first-order valence-corrected chi connectivity index (χ1v) is 9.90. The fraction of sp³-hybridized carbons (Fsp3) is 0.526. The van der Waals surface area contributed by atoms with Gasteiger partial charge in [-0.1, -0.05) is 17.7 Å². The van der Waals surface area contributed by atoms with Crippen molar-refractivity contribution in [2.75, 3.05) is 32.1 Å². The number of rotatable bonds is 9. The van der Waals surface area contributed by atoms with Crippen molar-refractivity contribution in [2.45, 2.75) is 30.6 Å². The highest BCUT2D eigenvalue weighted by Gasteiger charge is 2.22. The van der Waals surface area contributed by atoms with E-state index in [9.17, 15) is 4.79 Å². The normalized spacial score (nSPS) is 15.5.